The predicted octanol–water partition coefficient (Wildman–Crippen LogP) is 3.20. The van der Waals surface area contributed by atoms with Gasteiger partial charge in [-0.3, -0.25) is 10.2 Å². The van der Waals surface area contributed by atoms with Crippen LogP contribution in [0.15, 0.2) is 51.3 Å². The minimum absolute atomic E-state index is 0.0102. The van der Waals surface area contributed by atoms with E-state index in [9.17, 15) is 4.79 Å². The molecule has 1 N–H and O–H groups in total. The zero-order chi connectivity index (χ0) is 18.4. The number of carbonyl (C=O) groups excluding carboxylic acids is 1. The van der Waals surface area contributed by atoms with Crippen molar-refractivity contribution in [1.29, 1.82) is 5.41 Å². The van der Waals surface area contributed by atoms with Gasteiger partial charge in [-0.1, -0.05) is 0 Å². The number of furan rings is 1. The highest BCUT2D eigenvalue weighted by atomic mass is 16.7. The van der Waals surface area contributed by atoms with Crippen LogP contribution < -0.4 is 0 Å². The van der Waals surface area contributed by atoms with E-state index in [1.807, 2.05) is 32.0 Å². The molecule has 1 amide bonds. The smallest absolute Gasteiger partial charge is 0.282 e. The molecule has 4 rings (SSSR count). The van der Waals surface area contributed by atoms with E-state index in [0.717, 1.165) is 22.7 Å². The van der Waals surface area contributed by atoms with Crippen LogP contribution in [0.2, 0.25) is 0 Å². The predicted molar refractivity (Wildman–Crippen MR) is 96.5 cm³/mol. The van der Waals surface area contributed by atoms with Gasteiger partial charge in [-0.05, 0) is 50.6 Å². The Balaban J connectivity index is 1.69. The lowest BCUT2D eigenvalue weighted by Crippen LogP contribution is -2.38. The molecule has 0 aliphatic carbocycles. The summed E-state index contributed by atoms with van der Waals surface area (Å²) in [6.07, 6.45) is 4.98. The van der Waals surface area contributed by atoms with Crippen LogP contribution in [0.1, 0.15) is 29.6 Å². The maximum Gasteiger partial charge on any atom is 0.282 e. The van der Waals surface area contributed by atoms with Crippen molar-refractivity contribution < 1.29 is 14.0 Å². The molecule has 0 aromatic carbocycles. The lowest BCUT2D eigenvalue weighted by Gasteiger charge is -2.22. The molecule has 0 radical (unpaired) electrons. The summed E-state index contributed by atoms with van der Waals surface area (Å²) in [6.45, 7) is 6.34. The molecule has 0 saturated heterocycles. The summed E-state index contributed by atoms with van der Waals surface area (Å²) in [4.78, 5) is 21.9. The van der Waals surface area contributed by atoms with E-state index in [1.54, 1.807) is 25.3 Å². The largest absolute Gasteiger partial charge is 0.467 e. The Morgan fingerprint density at radius 2 is 2.12 bits per heavy atom. The quantitative estimate of drug-likeness (QED) is 0.862. The van der Waals surface area contributed by atoms with Crippen molar-refractivity contribution in [3.8, 4) is 0 Å². The van der Waals surface area contributed by atoms with Crippen LogP contribution in [0.4, 0.5) is 0 Å². The van der Waals surface area contributed by atoms with Crippen molar-refractivity contribution in [1.82, 2.24) is 9.63 Å². The van der Waals surface area contributed by atoms with Crippen molar-refractivity contribution in [2.24, 2.45) is 4.99 Å². The number of aromatic nitrogens is 1. The van der Waals surface area contributed by atoms with Crippen molar-refractivity contribution in [3.63, 3.8) is 0 Å². The molecular formula is C19H18N4O3. The maximum absolute atomic E-state index is 12.4. The van der Waals surface area contributed by atoms with Gasteiger partial charge in [0.25, 0.3) is 5.91 Å². The Bertz CT molecular complexity index is 1010. The van der Waals surface area contributed by atoms with Gasteiger partial charge in [0.1, 0.15) is 11.5 Å². The molecule has 26 heavy (non-hydrogen) atoms. The number of allylic oxidation sites excluding steroid dienone is 1. The molecule has 7 heteroatoms. The minimum atomic E-state index is -0.438. The van der Waals surface area contributed by atoms with Gasteiger partial charge in [-0.2, -0.15) is 4.99 Å². The number of amides is 1. The Hall–Kier alpha value is -3.35. The van der Waals surface area contributed by atoms with Crippen molar-refractivity contribution in [2.45, 2.75) is 27.3 Å². The van der Waals surface area contributed by atoms with E-state index in [1.165, 1.54) is 5.06 Å². The van der Waals surface area contributed by atoms with E-state index in [0.29, 0.717) is 18.1 Å². The van der Waals surface area contributed by atoms with Gasteiger partial charge in [0.05, 0.1) is 18.4 Å². The third kappa shape index (κ3) is 2.57. The fraction of sp³-hybridized carbons (Fsp3) is 0.211. The number of aliphatic imine (C=N–C) groups is 1. The maximum atomic E-state index is 12.4. The average molecular weight is 350 g/mol. The average Bonchev–Trinajstić information content (AvgIpc) is 3.28. The first-order valence-electron chi connectivity index (χ1n) is 8.23. The van der Waals surface area contributed by atoms with Gasteiger partial charge in [0.2, 0.25) is 0 Å². The molecule has 0 spiro atoms. The first kappa shape index (κ1) is 16.1. The number of carbonyl (C=O) groups is 1. The number of nitrogens with one attached hydrogen (secondary N) is 1. The van der Waals surface area contributed by atoms with Crippen molar-refractivity contribution in [3.05, 3.63) is 64.6 Å². The molecule has 2 aromatic heterocycles. The van der Waals surface area contributed by atoms with Gasteiger partial charge in [-0.15, -0.1) is 5.06 Å². The Morgan fingerprint density at radius 3 is 2.85 bits per heavy atom. The van der Waals surface area contributed by atoms with Gasteiger partial charge in [0, 0.05) is 17.5 Å². The van der Waals surface area contributed by atoms with Gasteiger partial charge in [0.15, 0.2) is 11.7 Å². The Morgan fingerprint density at radius 1 is 1.31 bits per heavy atom. The molecule has 7 nitrogen and oxygen atoms in total. The zero-order valence-electron chi connectivity index (χ0n) is 14.7. The Labute approximate surface area is 150 Å². The highest BCUT2D eigenvalue weighted by Crippen LogP contribution is 2.26. The summed E-state index contributed by atoms with van der Waals surface area (Å²) in [5.74, 6) is 1.35. The number of amidine groups is 2. The summed E-state index contributed by atoms with van der Waals surface area (Å²) in [6, 6.07) is 5.77. The van der Waals surface area contributed by atoms with Crippen LogP contribution >= 0.6 is 0 Å². The summed E-state index contributed by atoms with van der Waals surface area (Å²) < 4.78 is 7.53. The van der Waals surface area contributed by atoms with E-state index in [4.69, 9.17) is 14.7 Å². The number of hydroxylamine groups is 2. The SMILES string of the molecule is CC1=CC2=NC(=O)/C(=C\c3cc(C)n(Cc4ccco4)c3C)C(=N)N2O1. The minimum Gasteiger partial charge on any atom is -0.467 e. The van der Waals surface area contributed by atoms with Crippen LogP contribution in [0, 0.1) is 19.3 Å². The molecule has 0 fully saturated rings. The van der Waals surface area contributed by atoms with Crippen molar-refractivity contribution >= 4 is 23.7 Å². The lowest BCUT2D eigenvalue weighted by atomic mass is 10.1. The third-order valence-corrected chi connectivity index (χ3v) is 4.49. The molecule has 4 heterocycles. The number of nitrogens with zero attached hydrogens (tertiary/aromatic N) is 3. The number of fused-ring (bicyclic) bond motifs is 1. The fourth-order valence-electron chi connectivity index (χ4n) is 3.13. The number of hydrogen-bond acceptors (Lipinski definition) is 4. The summed E-state index contributed by atoms with van der Waals surface area (Å²) in [7, 11) is 0. The van der Waals surface area contributed by atoms with Crippen LogP contribution in [-0.4, -0.2) is 27.2 Å². The topological polar surface area (TPSA) is 83.8 Å². The van der Waals surface area contributed by atoms with Gasteiger partial charge < -0.3 is 13.8 Å². The number of rotatable bonds is 3. The van der Waals surface area contributed by atoms with E-state index >= 15 is 0 Å². The standard InChI is InChI=1S/C19H18N4O3/c1-11-7-14(13(3)22(11)10-15-5-4-6-25-15)9-16-18(20)23-17(21-19(16)24)8-12(2)26-23/h4-9,20H,10H2,1-3H3/b16-9-,20-18?. The number of aryl methyl sites for hydroxylation is 1. The summed E-state index contributed by atoms with van der Waals surface area (Å²) >= 11 is 0. The molecule has 2 aliphatic rings. The number of hydrogen-bond donors (Lipinski definition) is 1. The van der Waals surface area contributed by atoms with E-state index < -0.39 is 5.91 Å². The lowest BCUT2D eigenvalue weighted by molar-refractivity contribution is -0.114. The normalized spacial score (nSPS) is 18.1. The molecule has 2 aliphatic heterocycles. The molecule has 0 saturated carbocycles. The molecule has 0 atom stereocenters. The Kier molecular flexibility index (Phi) is 3.64. The highest BCUT2D eigenvalue weighted by molar-refractivity contribution is 6.32. The van der Waals surface area contributed by atoms with Crippen molar-refractivity contribution in [2.75, 3.05) is 0 Å². The first-order valence-corrected chi connectivity index (χ1v) is 8.23. The second-order valence-corrected chi connectivity index (χ2v) is 6.31. The molecule has 2 aromatic rings. The van der Waals surface area contributed by atoms with Gasteiger partial charge >= 0.3 is 0 Å². The van der Waals surface area contributed by atoms with Crippen LogP contribution in [0.25, 0.3) is 6.08 Å². The second kappa shape index (κ2) is 5.87. The summed E-state index contributed by atoms with van der Waals surface area (Å²) in [5.41, 5.74) is 3.10. The third-order valence-electron chi connectivity index (χ3n) is 4.49. The zero-order valence-corrected chi connectivity index (χ0v) is 14.7. The first-order chi connectivity index (χ1) is 12.4. The van der Waals surface area contributed by atoms with Crippen LogP contribution in [-0.2, 0) is 16.2 Å². The summed E-state index contributed by atoms with van der Waals surface area (Å²) in [5, 5.41) is 9.58. The van der Waals surface area contributed by atoms with Gasteiger partial charge in [-0.25, -0.2) is 0 Å². The highest BCUT2D eigenvalue weighted by Gasteiger charge is 2.34. The fourth-order valence-corrected chi connectivity index (χ4v) is 3.13. The molecular weight excluding hydrogens is 332 g/mol. The van der Waals surface area contributed by atoms with E-state index in [-0.39, 0.29) is 11.4 Å². The van der Waals surface area contributed by atoms with Crippen LogP contribution in [0.3, 0.4) is 0 Å². The molecule has 0 unspecified atom stereocenters. The van der Waals surface area contributed by atoms with E-state index in [2.05, 4.69) is 9.56 Å². The second-order valence-electron chi connectivity index (χ2n) is 6.31. The molecule has 132 valence electrons. The van der Waals surface area contributed by atoms with Crippen LogP contribution in [0.5, 0.6) is 0 Å². The molecule has 0 bridgehead atoms. The monoisotopic (exact) mass is 350 g/mol.